The van der Waals surface area contributed by atoms with Crippen LogP contribution < -0.4 is 5.73 Å². The van der Waals surface area contributed by atoms with Gasteiger partial charge in [0.05, 0.1) is 20.4 Å². The number of carbonyl (C=O) groups is 1. The predicted octanol–water partition coefficient (Wildman–Crippen LogP) is 4.37. The van der Waals surface area contributed by atoms with Crippen molar-refractivity contribution in [1.82, 2.24) is 0 Å². The van der Waals surface area contributed by atoms with Crippen molar-refractivity contribution in [3.05, 3.63) is 24.6 Å². The van der Waals surface area contributed by atoms with E-state index in [0.717, 1.165) is 18.0 Å². The zero-order valence-corrected chi connectivity index (χ0v) is 13.4. The van der Waals surface area contributed by atoms with Crippen LogP contribution >= 0.6 is 54.5 Å². The quantitative estimate of drug-likeness (QED) is 0.766. The van der Waals surface area contributed by atoms with Crippen molar-refractivity contribution in [1.29, 1.82) is 0 Å². The summed E-state index contributed by atoms with van der Waals surface area (Å²) in [6.07, 6.45) is 0. The summed E-state index contributed by atoms with van der Waals surface area (Å²) in [5.41, 5.74) is 7.27. The Morgan fingerprint density at radius 3 is 2.59 bits per heavy atom. The Balaban J connectivity index is 2.48. The van der Waals surface area contributed by atoms with Crippen molar-refractivity contribution < 1.29 is 9.53 Å². The van der Waals surface area contributed by atoms with E-state index in [2.05, 4.69) is 36.6 Å². The highest BCUT2D eigenvalue weighted by atomic mass is 79.9. The van der Waals surface area contributed by atoms with Crippen LogP contribution in [0.15, 0.2) is 19.7 Å². The number of methoxy groups -OCH3 is 1. The van der Waals surface area contributed by atoms with Crippen molar-refractivity contribution in [3.63, 3.8) is 0 Å². The maximum Gasteiger partial charge on any atom is 0.350 e. The molecule has 0 spiro atoms. The van der Waals surface area contributed by atoms with Crippen LogP contribution in [0, 0.1) is 0 Å². The molecule has 2 aromatic rings. The average molecular weight is 397 g/mol. The summed E-state index contributed by atoms with van der Waals surface area (Å²) >= 11 is 9.80. The Morgan fingerprint density at radius 2 is 2.06 bits per heavy atom. The highest BCUT2D eigenvalue weighted by Crippen LogP contribution is 2.42. The summed E-state index contributed by atoms with van der Waals surface area (Å²) in [4.78, 5) is 12.8. The Morgan fingerprint density at radius 1 is 1.35 bits per heavy atom. The van der Waals surface area contributed by atoms with Gasteiger partial charge in [-0.25, -0.2) is 4.79 Å². The largest absolute Gasteiger partial charge is 0.465 e. The third-order valence-corrected chi connectivity index (χ3v) is 5.56. The summed E-state index contributed by atoms with van der Waals surface area (Å²) in [7, 11) is 1.35. The zero-order valence-electron chi connectivity index (χ0n) is 8.62. The number of hydrogen-bond donors (Lipinski definition) is 1. The van der Waals surface area contributed by atoms with Gasteiger partial charge in [0.2, 0.25) is 0 Å². The number of nitrogens with two attached hydrogens (primary N) is 1. The van der Waals surface area contributed by atoms with E-state index in [4.69, 9.17) is 5.73 Å². The molecule has 0 bridgehead atoms. The van der Waals surface area contributed by atoms with Crippen LogP contribution in [-0.4, -0.2) is 13.1 Å². The first-order chi connectivity index (χ1) is 8.02. The molecular formula is C10H7Br2NO2S2. The van der Waals surface area contributed by atoms with Crippen LogP contribution in [0.1, 0.15) is 9.67 Å². The van der Waals surface area contributed by atoms with Crippen molar-refractivity contribution >= 4 is 66.2 Å². The van der Waals surface area contributed by atoms with E-state index in [1.807, 2.05) is 6.07 Å². The molecule has 0 amide bonds. The van der Waals surface area contributed by atoms with Gasteiger partial charge in [0, 0.05) is 10.4 Å². The molecule has 0 saturated heterocycles. The Bertz CT molecular complexity index is 577. The van der Waals surface area contributed by atoms with Gasteiger partial charge in [-0.2, -0.15) is 0 Å². The third-order valence-electron chi connectivity index (χ3n) is 2.05. The van der Waals surface area contributed by atoms with E-state index in [1.165, 1.54) is 18.4 Å². The SMILES string of the molecule is COC(=O)c1sc(-c2cc(Br)sc2Br)cc1N. The van der Waals surface area contributed by atoms with Crippen LogP contribution in [0.25, 0.3) is 10.4 Å². The van der Waals surface area contributed by atoms with Gasteiger partial charge in [-0.15, -0.1) is 22.7 Å². The molecular weight excluding hydrogens is 390 g/mol. The van der Waals surface area contributed by atoms with Gasteiger partial charge in [0.15, 0.2) is 0 Å². The fourth-order valence-electron chi connectivity index (χ4n) is 1.30. The van der Waals surface area contributed by atoms with Gasteiger partial charge < -0.3 is 10.5 Å². The standard InChI is InChI=1S/C10H7Br2NO2S2/c1-15-10(14)8-5(13)3-6(16-8)4-2-7(11)17-9(4)12/h2-3H,13H2,1H3. The number of esters is 1. The fourth-order valence-corrected chi connectivity index (χ4v) is 5.36. The van der Waals surface area contributed by atoms with Crippen LogP contribution in [0.4, 0.5) is 5.69 Å². The van der Waals surface area contributed by atoms with Gasteiger partial charge >= 0.3 is 5.97 Å². The molecule has 2 N–H and O–H groups in total. The number of hydrogen-bond acceptors (Lipinski definition) is 5. The minimum absolute atomic E-state index is 0.399. The average Bonchev–Trinajstić information content (AvgIpc) is 2.80. The van der Waals surface area contributed by atoms with E-state index >= 15 is 0 Å². The van der Waals surface area contributed by atoms with Crippen molar-refractivity contribution in [3.8, 4) is 10.4 Å². The highest BCUT2D eigenvalue weighted by Gasteiger charge is 2.17. The molecule has 2 aromatic heterocycles. The molecule has 0 radical (unpaired) electrons. The first-order valence-corrected chi connectivity index (χ1v) is 7.67. The van der Waals surface area contributed by atoms with Gasteiger partial charge in [0.25, 0.3) is 0 Å². The lowest BCUT2D eigenvalue weighted by atomic mass is 10.2. The van der Waals surface area contributed by atoms with Gasteiger partial charge in [-0.1, -0.05) is 0 Å². The smallest absolute Gasteiger partial charge is 0.350 e. The summed E-state index contributed by atoms with van der Waals surface area (Å²) in [5, 5.41) is 0. The first kappa shape index (κ1) is 13.1. The van der Waals surface area contributed by atoms with Crippen LogP contribution in [0.2, 0.25) is 0 Å². The van der Waals surface area contributed by atoms with Crippen molar-refractivity contribution in [2.75, 3.05) is 12.8 Å². The minimum atomic E-state index is -0.399. The van der Waals surface area contributed by atoms with E-state index in [1.54, 1.807) is 17.4 Å². The predicted molar refractivity (Wildman–Crippen MR) is 78.8 cm³/mol. The van der Waals surface area contributed by atoms with Crippen molar-refractivity contribution in [2.45, 2.75) is 0 Å². The Kier molecular flexibility index (Phi) is 3.92. The number of nitrogen functional groups attached to an aromatic ring is 1. The molecule has 2 rings (SSSR count). The lowest BCUT2D eigenvalue weighted by Gasteiger charge is -1.94. The maximum atomic E-state index is 11.5. The molecule has 17 heavy (non-hydrogen) atoms. The highest BCUT2D eigenvalue weighted by molar-refractivity contribution is 9.12. The monoisotopic (exact) mass is 395 g/mol. The lowest BCUT2D eigenvalue weighted by Crippen LogP contribution is -2.00. The number of carbonyl (C=O) groups excluding carboxylic acids is 1. The minimum Gasteiger partial charge on any atom is -0.465 e. The topological polar surface area (TPSA) is 52.3 Å². The maximum absolute atomic E-state index is 11.5. The van der Waals surface area contributed by atoms with Gasteiger partial charge in [0.1, 0.15) is 4.88 Å². The molecule has 0 saturated carbocycles. The number of halogens is 2. The van der Waals surface area contributed by atoms with Crippen molar-refractivity contribution in [2.24, 2.45) is 0 Å². The number of anilines is 1. The van der Waals surface area contributed by atoms with Gasteiger partial charge in [-0.3, -0.25) is 0 Å². The molecule has 90 valence electrons. The molecule has 3 nitrogen and oxygen atoms in total. The number of rotatable bonds is 2. The second kappa shape index (κ2) is 5.09. The molecule has 0 aromatic carbocycles. The molecule has 0 aliphatic rings. The Labute approximate surface area is 123 Å². The Hall–Kier alpha value is -0.370. The molecule has 7 heteroatoms. The second-order valence-corrected chi connectivity index (χ2v) is 7.93. The van der Waals surface area contributed by atoms with E-state index in [-0.39, 0.29) is 0 Å². The van der Waals surface area contributed by atoms with E-state index < -0.39 is 5.97 Å². The zero-order chi connectivity index (χ0) is 12.6. The lowest BCUT2D eigenvalue weighted by molar-refractivity contribution is 0.0607. The summed E-state index contributed by atoms with van der Waals surface area (Å²) in [6, 6.07) is 3.78. The summed E-state index contributed by atoms with van der Waals surface area (Å²) in [5.74, 6) is -0.399. The van der Waals surface area contributed by atoms with Crippen LogP contribution in [-0.2, 0) is 4.74 Å². The third kappa shape index (κ3) is 2.57. The summed E-state index contributed by atoms with van der Waals surface area (Å²) < 4.78 is 6.70. The molecule has 0 atom stereocenters. The van der Waals surface area contributed by atoms with Crippen LogP contribution in [0.5, 0.6) is 0 Å². The van der Waals surface area contributed by atoms with E-state index in [0.29, 0.717) is 10.6 Å². The molecule has 0 fully saturated rings. The van der Waals surface area contributed by atoms with Crippen LogP contribution in [0.3, 0.4) is 0 Å². The second-order valence-electron chi connectivity index (χ2n) is 3.12. The molecule has 0 unspecified atom stereocenters. The number of ether oxygens (including phenoxy) is 1. The molecule has 2 heterocycles. The molecule has 0 aliphatic heterocycles. The van der Waals surface area contributed by atoms with E-state index in [9.17, 15) is 4.79 Å². The first-order valence-electron chi connectivity index (χ1n) is 4.45. The van der Waals surface area contributed by atoms with Gasteiger partial charge in [-0.05, 0) is 44.0 Å². The fraction of sp³-hybridized carbons (Fsp3) is 0.100. The normalized spacial score (nSPS) is 10.5. The summed E-state index contributed by atoms with van der Waals surface area (Å²) in [6.45, 7) is 0. The molecule has 0 aliphatic carbocycles. The number of thiophene rings is 2.